The van der Waals surface area contributed by atoms with Crippen LogP contribution in [0.2, 0.25) is 0 Å². The summed E-state index contributed by atoms with van der Waals surface area (Å²) in [6, 6.07) is 10.2. The highest BCUT2D eigenvalue weighted by atomic mass is 19.1. The normalized spacial score (nSPS) is 18.0. The summed E-state index contributed by atoms with van der Waals surface area (Å²) in [5, 5.41) is 19.5. The van der Waals surface area contributed by atoms with Gasteiger partial charge in [-0.3, -0.25) is 9.69 Å². The SMILES string of the molecule is Cc1ccc(C[C@@H]2CCCN2C[C@@H](O)CO[C@H](C)c2ccc(F)cc2CCCCC(=O)O)cc1F. The average molecular weight is 490 g/mol. The van der Waals surface area contributed by atoms with Gasteiger partial charge in [-0.25, -0.2) is 8.78 Å². The van der Waals surface area contributed by atoms with E-state index in [0.29, 0.717) is 31.4 Å². The molecule has 5 nitrogen and oxygen atoms in total. The van der Waals surface area contributed by atoms with Gasteiger partial charge in [0.25, 0.3) is 0 Å². The number of rotatable bonds is 13. The molecule has 2 N–H and O–H groups in total. The van der Waals surface area contributed by atoms with Crippen LogP contribution in [0, 0.1) is 18.6 Å². The molecule has 1 aliphatic heterocycles. The Kier molecular flexibility index (Phi) is 10.2. The van der Waals surface area contributed by atoms with Crippen molar-refractivity contribution in [2.45, 2.75) is 77.0 Å². The maximum Gasteiger partial charge on any atom is 0.303 e. The lowest BCUT2D eigenvalue weighted by Gasteiger charge is -2.28. The second kappa shape index (κ2) is 13.1. The third-order valence-electron chi connectivity index (χ3n) is 6.82. The van der Waals surface area contributed by atoms with Gasteiger partial charge in [-0.05, 0) is 99.4 Å². The summed E-state index contributed by atoms with van der Waals surface area (Å²) in [5.41, 5.74) is 3.27. The molecule has 1 heterocycles. The van der Waals surface area contributed by atoms with E-state index in [-0.39, 0.29) is 36.8 Å². The van der Waals surface area contributed by atoms with E-state index >= 15 is 0 Å². The Labute approximate surface area is 206 Å². The van der Waals surface area contributed by atoms with E-state index in [2.05, 4.69) is 4.90 Å². The van der Waals surface area contributed by atoms with Crippen LogP contribution in [0.1, 0.15) is 67.4 Å². The molecule has 1 fully saturated rings. The third-order valence-corrected chi connectivity index (χ3v) is 6.82. The second-order valence-electron chi connectivity index (χ2n) is 9.65. The molecular formula is C28H37F2NO4. The van der Waals surface area contributed by atoms with E-state index < -0.39 is 12.1 Å². The molecular weight excluding hydrogens is 452 g/mol. The van der Waals surface area contributed by atoms with Gasteiger partial charge >= 0.3 is 5.97 Å². The number of nitrogens with zero attached hydrogens (tertiary/aromatic N) is 1. The highest BCUT2D eigenvalue weighted by Gasteiger charge is 2.27. The van der Waals surface area contributed by atoms with Crippen LogP contribution in [0.15, 0.2) is 36.4 Å². The first-order valence-corrected chi connectivity index (χ1v) is 12.5. The fraction of sp³-hybridized carbons (Fsp3) is 0.536. The molecule has 0 aromatic heterocycles. The zero-order valence-electron chi connectivity index (χ0n) is 20.7. The third kappa shape index (κ3) is 8.37. The summed E-state index contributed by atoms with van der Waals surface area (Å²) in [6.45, 7) is 5.17. The Hall–Kier alpha value is -2.35. The number of carboxylic acid groups (broad SMARTS) is 1. The van der Waals surface area contributed by atoms with Crippen LogP contribution in [0.3, 0.4) is 0 Å². The molecule has 0 radical (unpaired) electrons. The van der Waals surface area contributed by atoms with E-state index in [1.54, 1.807) is 19.1 Å². The van der Waals surface area contributed by atoms with Gasteiger partial charge in [0.15, 0.2) is 0 Å². The topological polar surface area (TPSA) is 70.0 Å². The Morgan fingerprint density at radius 3 is 2.74 bits per heavy atom. The molecule has 192 valence electrons. The van der Waals surface area contributed by atoms with Crippen molar-refractivity contribution in [2.75, 3.05) is 19.7 Å². The molecule has 0 bridgehead atoms. The zero-order chi connectivity index (χ0) is 25.4. The Balaban J connectivity index is 1.51. The fourth-order valence-electron chi connectivity index (χ4n) is 4.85. The van der Waals surface area contributed by atoms with E-state index in [1.165, 1.54) is 12.1 Å². The van der Waals surface area contributed by atoms with Gasteiger partial charge in [0.1, 0.15) is 11.6 Å². The van der Waals surface area contributed by atoms with Crippen LogP contribution in [-0.4, -0.2) is 52.9 Å². The van der Waals surface area contributed by atoms with Gasteiger partial charge in [-0.15, -0.1) is 0 Å². The first-order valence-electron chi connectivity index (χ1n) is 12.5. The van der Waals surface area contributed by atoms with Crippen LogP contribution < -0.4 is 0 Å². The summed E-state index contributed by atoms with van der Waals surface area (Å²) in [6.07, 6.45) is 3.67. The smallest absolute Gasteiger partial charge is 0.303 e. The number of hydrogen-bond donors (Lipinski definition) is 2. The number of β-amino-alcohol motifs (C(OH)–C–C–N with tert-alkyl or cyclic N) is 1. The molecule has 0 unspecified atom stereocenters. The van der Waals surface area contributed by atoms with Gasteiger partial charge in [-0.2, -0.15) is 0 Å². The molecule has 2 aromatic rings. The lowest BCUT2D eigenvalue weighted by molar-refractivity contribution is -0.137. The molecule has 1 aliphatic rings. The van der Waals surface area contributed by atoms with E-state index in [0.717, 1.165) is 42.5 Å². The first-order chi connectivity index (χ1) is 16.7. The number of unbranched alkanes of at least 4 members (excludes halogenated alkanes) is 1. The minimum atomic E-state index is -0.832. The standard InChI is InChI=1S/C28H37F2NO4/c1-19-9-10-21(15-27(19)30)14-24-7-5-13-31(24)17-25(32)18-35-20(2)26-12-11-23(29)16-22(26)6-3-4-8-28(33)34/h9-12,15-16,20,24-25,32H,3-8,13-14,17-18H2,1-2H3,(H,33,34)/t20-,24+,25-/m1/s1. The summed E-state index contributed by atoms with van der Waals surface area (Å²) in [4.78, 5) is 13.0. The largest absolute Gasteiger partial charge is 0.481 e. The molecule has 3 rings (SSSR count). The first kappa shape index (κ1) is 27.2. The minimum absolute atomic E-state index is 0.0965. The number of carboxylic acids is 1. The molecule has 0 aliphatic carbocycles. The van der Waals surface area contributed by atoms with Crippen LogP contribution in [0.25, 0.3) is 0 Å². The summed E-state index contributed by atoms with van der Waals surface area (Å²) in [5.74, 6) is -1.35. The van der Waals surface area contributed by atoms with Gasteiger partial charge < -0.3 is 14.9 Å². The van der Waals surface area contributed by atoms with Crippen molar-refractivity contribution in [3.05, 3.63) is 70.3 Å². The monoisotopic (exact) mass is 489 g/mol. The molecule has 0 amide bonds. The van der Waals surface area contributed by atoms with Gasteiger partial charge in [0.2, 0.25) is 0 Å². The van der Waals surface area contributed by atoms with Crippen LogP contribution >= 0.6 is 0 Å². The number of carbonyl (C=O) groups is 1. The number of aryl methyl sites for hydroxylation is 2. The van der Waals surface area contributed by atoms with E-state index in [1.807, 2.05) is 19.1 Å². The summed E-state index contributed by atoms with van der Waals surface area (Å²) in [7, 11) is 0. The predicted octanol–water partition coefficient (Wildman–Crippen LogP) is 5.22. The Morgan fingerprint density at radius 2 is 2.00 bits per heavy atom. The second-order valence-corrected chi connectivity index (χ2v) is 9.65. The number of aliphatic carboxylic acids is 1. The number of halogens is 2. The molecule has 2 aromatic carbocycles. The van der Waals surface area contributed by atoms with E-state index in [4.69, 9.17) is 9.84 Å². The number of benzene rings is 2. The average Bonchev–Trinajstić information content (AvgIpc) is 3.23. The molecule has 35 heavy (non-hydrogen) atoms. The minimum Gasteiger partial charge on any atom is -0.481 e. The van der Waals surface area contributed by atoms with Crippen LogP contribution in [0.4, 0.5) is 8.78 Å². The molecule has 0 spiro atoms. The number of aliphatic hydroxyl groups is 1. The van der Waals surface area contributed by atoms with Crippen molar-refractivity contribution in [3.63, 3.8) is 0 Å². The van der Waals surface area contributed by atoms with Crippen molar-refractivity contribution in [3.8, 4) is 0 Å². The summed E-state index contributed by atoms with van der Waals surface area (Å²) >= 11 is 0. The lowest BCUT2D eigenvalue weighted by atomic mass is 9.98. The van der Waals surface area contributed by atoms with Crippen molar-refractivity contribution in [1.82, 2.24) is 4.90 Å². The maximum absolute atomic E-state index is 13.9. The van der Waals surface area contributed by atoms with Gasteiger partial charge in [-0.1, -0.05) is 18.2 Å². The molecule has 1 saturated heterocycles. The van der Waals surface area contributed by atoms with Gasteiger partial charge in [0.05, 0.1) is 18.8 Å². The highest BCUT2D eigenvalue weighted by Crippen LogP contribution is 2.26. The number of aliphatic hydroxyl groups excluding tert-OH is 1. The molecule has 3 atom stereocenters. The van der Waals surface area contributed by atoms with Crippen molar-refractivity contribution >= 4 is 5.97 Å². The Morgan fingerprint density at radius 1 is 1.20 bits per heavy atom. The van der Waals surface area contributed by atoms with Crippen LogP contribution in [-0.2, 0) is 22.4 Å². The fourth-order valence-corrected chi connectivity index (χ4v) is 4.85. The zero-order valence-corrected chi connectivity index (χ0v) is 20.7. The van der Waals surface area contributed by atoms with Crippen molar-refractivity contribution < 1.29 is 28.5 Å². The highest BCUT2D eigenvalue weighted by molar-refractivity contribution is 5.66. The molecule has 0 saturated carbocycles. The Bertz CT molecular complexity index is 983. The van der Waals surface area contributed by atoms with Crippen molar-refractivity contribution in [1.29, 1.82) is 0 Å². The van der Waals surface area contributed by atoms with E-state index in [9.17, 15) is 18.7 Å². The lowest BCUT2D eigenvalue weighted by Crippen LogP contribution is -2.39. The van der Waals surface area contributed by atoms with Crippen LogP contribution in [0.5, 0.6) is 0 Å². The number of hydrogen-bond acceptors (Lipinski definition) is 4. The number of ether oxygens (including phenoxy) is 1. The maximum atomic E-state index is 13.9. The quantitative estimate of drug-likeness (QED) is 0.378. The van der Waals surface area contributed by atoms with Gasteiger partial charge in [0, 0.05) is 19.0 Å². The molecule has 7 heteroatoms. The van der Waals surface area contributed by atoms with Crippen molar-refractivity contribution in [2.24, 2.45) is 0 Å². The summed E-state index contributed by atoms with van der Waals surface area (Å²) < 4.78 is 33.7. The number of likely N-dealkylation sites (tertiary alicyclic amines) is 1. The predicted molar refractivity (Wildman–Crippen MR) is 131 cm³/mol.